The molecule has 0 aliphatic carbocycles. The molecule has 1 atom stereocenters. The van der Waals surface area contributed by atoms with Crippen LogP contribution in [0.1, 0.15) is 24.0 Å². The van der Waals surface area contributed by atoms with Crippen LogP contribution in [0.25, 0.3) is 0 Å². The lowest BCUT2D eigenvalue weighted by molar-refractivity contribution is 0.128. The Kier molecular flexibility index (Phi) is 5.49. The number of amides is 2. The molecule has 2 aromatic carbocycles. The molecular weight excluding hydrogens is 300 g/mol. The highest BCUT2D eigenvalue weighted by molar-refractivity contribution is 5.89. The first kappa shape index (κ1) is 16.5. The van der Waals surface area contributed by atoms with Gasteiger partial charge in [0.2, 0.25) is 0 Å². The molecule has 126 valence electrons. The lowest BCUT2D eigenvalue weighted by atomic mass is 10.0. The number of hydrogen-bond donors (Lipinski definition) is 1. The first-order valence-corrected chi connectivity index (χ1v) is 8.45. The molecule has 2 aromatic rings. The Hall–Kier alpha value is -2.33. The normalized spacial score (nSPS) is 17.0. The van der Waals surface area contributed by atoms with Gasteiger partial charge in [-0.2, -0.15) is 0 Å². The van der Waals surface area contributed by atoms with Gasteiger partial charge in [-0.25, -0.2) is 4.79 Å². The molecule has 2 amide bonds. The monoisotopic (exact) mass is 324 g/mol. The van der Waals surface area contributed by atoms with Gasteiger partial charge in [0.1, 0.15) is 0 Å². The summed E-state index contributed by atoms with van der Waals surface area (Å²) in [6, 6.07) is 18.6. The van der Waals surface area contributed by atoms with Crippen LogP contribution in [0, 0.1) is 0 Å². The van der Waals surface area contributed by atoms with Gasteiger partial charge in [0, 0.05) is 19.3 Å². The number of methoxy groups -OCH3 is 1. The number of urea groups is 1. The second kappa shape index (κ2) is 7.97. The van der Waals surface area contributed by atoms with Crippen molar-refractivity contribution in [3.05, 3.63) is 65.7 Å². The highest BCUT2D eigenvalue weighted by Crippen LogP contribution is 2.20. The number of ether oxygens (including phenoxy) is 1. The zero-order valence-electron chi connectivity index (χ0n) is 14.1. The van der Waals surface area contributed by atoms with Crippen LogP contribution in [-0.4, -0.2) is 37.2 Å². The first-order valence-electron chi connectivity index (χ1n) is 8.45. The average Bonchev–Trinajstić information content (AvgIpc) is 3.05. The van der Waals surface area contributed by atoms with E-state index in [9.17, 15) is 4.79 Å². The Bertz CT molecular complexity index is 672. The Morgan fingerprint density at radius 3 is 2.75 bits per heavy atom. The van der Waals surface area contributed by atoms with Crippen molar-refractivity contribution in [3.8, 4) is 0 Å². The summed E-state index contributed by atoms with van der Waals surface area (Å²) in [6.07, 6.45) is 2.91. The molecule has 0 aromatic heterocycles. The number of carbonyl (C=O) groups is 1. The third kappa shape index (κ3) is 4.15. The Morgan fingerprint density at radius 1 is 1.17 bits per heavy atom. The molecule has 1 aliphatic rings. The van der Waals surface area contributed by atoms with Crippen LogP contribution in [0.5, 0.6) is 0 Å². The van der Waals surface area contributed by atoms with E-state index in [0.717, 1.165) is 31.5 Å². The first-order chi connectivity index (χ1) is 11.8. The lowest BCUT2D eigenvalue weighted by Gasteiger charge is -2.24. The molecule has 1 aliphatic heterocycles. The summed E-state index contributed by atoms with van der Waals surface area (Å²) < 4.78 is 5.22. The standard InChI is InChI=1S/C20H24N2O2/c1-24-15-19-11-6-12-22(19)20(23)21-18-10-5-9-17(14-18)13-16-7-3-2-4-8-16/h2-5,7-10,14,19H,6,11-13,15H2,1H3,(H,21,23)/t19-/m0/s1. The molecule has 0 bridgehead atoms. The maximum absolute atomic E-state index is 12.5. The van der Waals surface area contributed by atoms with E-state index in [-0.39, 0.29) is 12.1 Å². The van der Waals surface area contributed by atoms with Crippen molar-refractivity contribution in [2.75, 3.05) is 25.6 Å². The van der Waals surface area contributed by atoms with Gasteiger partial charge >= 0.3 is 6.03 Å². The number of rotatable bonds is 5. The molecule has 1 N–H and O–H groups in total. The third-order valence-corrected chi connectivity index (χ3v) is 4.43. The van der Waals surface area contributed by atoms with Gasteiger partial charge in [0.25, 0.3) is 0 Å². The van der Waals surface area contributed by atoms with E-state index in [0.29, 0.717) is 6.61 Å². The molecule has 24 heavy (non-hydrogen) atoms. The number of nitrogens with zero attached hydrogens (tertiary/aromatic N) is 1. The van der Waals surface area contributed by atoms with Gasteiger partial charge < -0.3 is 15.0 Å². The zero-order valence-corrected chi connectivity index (χ0v) is 14.1. The van der Waals surface area contributed by atoms with Crippen LogP contribution in [0.2, 0.25) is 0 Å². The minimum Gasteiger partial charge on any atom is -0.383 e. The SMILES string of the molecule is COC[C@@H]1CCCN1C(=O)Nc1cccc(Cc2ccccc2)c1. The van der Waals surface area contributed by atoms with Crippen molar-refractivity contribution in [2.24, 2.45) is 0 Å². The van der Waals surface area contributed by atoms with Crippen molar-refractivity contribution < 1.29 is 9.53 Å². The predicted molar refractivity (Wildman–Crippen MR) is 96.3 cm³/mol. The van der Waals surface area contributed by atoms with E-state index in [4.69, 9.17) is 4.74 Å². The fourth-order valence-electron chi connectivity index (χ4n) is 3.25. The lowest BCUT2D eigenvalue weighted by Crippen LogP contribution is -2.40. The third-order valence-electron chi connectivity index (χ3n) is 4.43. The van der Waals surface area contributed by atoms with Crippen LogP contribution >= 0.6 is 0 Å². The Labute approximate surface area is 143 Å². The summed E-state index contributed by atoms with van der Waals surface area (Å²) >= 11 is 0. The van der Waals surface area contributed by atoms with Crippen LogP contribution in [-0.2, 0) is 11.2 Å². The smallest absolute Gasteiger partial charge is 0.322 e. The summed E-state index contributed by atoms with van der Waals surface area (Å²) in [5.74, 6) is 0. The van der Waals surface area contributed by atoms with Crippen LogP contribution in [0.3, 0.4) is 0 Å². The van der Waals surface area contributed by atoms with Crippen molar-refractivity contribution >= 4 is 11.7 Å². The number of nitrogens with one attached hydrogen (secondary N) is 1. The second-order valence-corrected chi connectivity index (χ2v) is 6.24. The van der Waals surface area contributed by atoms with Crippen molar-refractivity contribution in [3.63, 3.8) is 0 Å². The molecule has 1 saturated heterocycles. The second-order valence-electron chi connectivity index (χ2n) is 6.24. The highest BCUT2D eigenvalue weighted by atomic mass is 16.5. The molecule has 1 heterocycles. The quantitative estimate of drug-likeness (QED) is 0.905. The van der Waals surface area contributed by atoms with Gasteiger partial charge in [-0.05, 0) is 42.5 Å². The fourth-order valence-corrected chi connectivity index (χ4v) is 3.25. The number of anilines is 1. The number of benzene rings is 2. The largest absolute Gasteiger partial charge is 0.383 e. The summed E-state index contributed by atoms with van der Waals surface area (Å²) in [5, 5.41) is 3.03. The van der Waals surface area contributed by atoms with E-state index >= 15 is 0 Å². The molecule has 0 radical (unpaired) electrons. The van der Waals surface area contributed by atoms with E-state index in [1.807, 2.05) is 41.3 Å². The van der Waals surface area contributed by atoms with Gasteiger partial charge in [-0.3, -0.25) is 0 Å². The predicted octanol–water partition coefficient (Wildman–Crippen LogP) is 3.92. The van der Waals surface area contributed by atoms with Gasteiger partial charge in [-0.1, -0.05) is 42.5 Å². The number of carbonyl (C=O) groups excluding carboxylic acids is 1. The fraction of sp³-hybridized carbons (Fsp3) is 0.350. The average molecular weight is 324 g/mol. The van der Waals surface area contributed by atoms with Gasteiger partial charge in [0.15, 0.2) is 0 Å². The minimum absolute atomic E-state index is 0.0357. The molecule has 0 spiro atoms. The van der Waals surface area contributed by atoms with Crippen LogP contribution in [0.15, 0.2) is 54.6 Å². The summed E-state index contributed by atoms with van der Waals surface area (Å²) in [7, 11) is 1.68. The topological polar surface area (TPSA) is 41.6 Å². The maximum atomic E-state index is 12.5. The van der Waals surface area contributed by atoms with Crippen molar-refractivity contribution in [1.82, 2.24) is 4.90 Å². The molecule has 1 fully saturated rings. The van der Waals surface area contributed by atoms with E-state index in [1.54, 1.807) is 7.11 Å². The van der Waals surface area contributed by atoms with Crippen molar-refractivity contribution in [2.45, 2.75) is 25.3 Å². The number of likely N-dealkylation sites (tertiary alicyclic amines) is 1. The molecular formula is C20H24N2O2. The zero-order chi connectivity index (χ0) is 16.8. The van der Waals surface area contributed by atoms with E-state index in [2.05, 4.69) is 23.5 Å². The van der Waals surface area contributed by atoms with Crippen molar-refractivity contribution in [1.29, 1.82) is 0 Å². The maximum Gasteiger partial charge on any atom is 0.322 e. The number of hydrogen-bond acceptors (Lipinski definition) is 2. The van der Waals surface area contributed by atoms with Gasteiger partial charge in [0.05, 0.1) is 12.6 Å². The van der Waals surface area contributed by atoms with E-state index in [1.165, 1.54) is 11.1 Å². The Morgan fingerprint density at radius 2 is 1.96 bits per heavy atom. The molecule has 4 heteroatoms. The highest BCUT2D eigenvalue weighted by Gasteiger charge is 2.28. The van der Waals surface area contributed by atoms with Gasteiger partial charge in [-0.15, -0.1) is 0 Å². The van der Waals surface area contributed by atoms with E-state index < -0.39 is 0 Å². The summed E-state index contributed by atoms with van der Waals surface area (Å²) in [4.78, 5) is 14.4. The summed E-state index contributed by atoms with van der Waals surface area (Å²) in [6.45, 7) is 1.39. The summed E-state index contributed by atoms with van der Waals surface area (Å²) in [5.41, 5.74) is 3.30. The van der Waals surface area contributed by atoms with Crippen LogP contribution < -0.4 is 5.32 Å². The Balaban J connectivity index is 1.65. The van der Waals surface area contributed by atoms with Crippen LogP contribution in [0.4, 0.5) is 10.5 Å². The molecule has 3 rings (SSSR count). The molecule has 0 unspecified atom stereocenters. The molecule has 4 nitrogen and oxygen atoms in total. The minimum atomic E-state index is -0.0357. The molecule has 0 saturated carbocycles.